The lowest BCUT2D eigenvalue weighted by Gasteiger charge is -2.10. The normalized spacial score (nSPS) is 39.8. The molecule has 0 bridgehead atoms. The Morgan fingerprint density at radius 1 is 1.67 bits per heavy atom. The molecule has 0 spiro atoms. The Balaban J connectivity index is 1.64. The summed E-state index contributed by atoms with van der Waals surface area (Å²) in [6, 6.07) is 1.12. The van der Waals surface area contributed by atoms with Crippen LogP contribution in [0.1, 0.15) is 26.2 Å². The highest BCUT2D eigenvalue weighted by Gasteiger charge is 2.33. The second-order valence-electron chi connectivity index (χ2n) is 4.03. The zero-order chi connectivity index (χ0) is 8.55. The summed E-state index contributed by atoms with van der Waals surface area (Å²) < 4.78 is 0. The van der Waals surface area contributed by atoms with Crippen LogP contribution in [0.25, 0.3) is 0 Å². The molecule has 3 nitrogen and oxygen atoms in total. The van der Waals surface area contributed by atoms with Gasteiger partial charge >= 0.3 is 0 Å². The van der Waals surface area contributed by atoms with Crippen molar-refractivity contribution in [3.8, 4) is 0 Å². The van der Waals surface area contributed by atoms with Gasteiger partial charge in [0.05, 0.1) is 0 Å². The Morgan fingerprint density at radius 2 is 2.42 bits per heavy atom. The third-order valence-corrected chi connectivity index (χ3v) is 2.82. The minimum absolute atomic E-state index is 0.214. The van der Waals surface area contributed by atoms with E-state index in [1.54, 1.807) is 0 Å². The molecule has 0 radical (unpaired) electrons. The number of nitrogens with one attached hydrogen (secondary N) is 2. The van der Waals surface area contributed by atoms with Crippen molar-refractivity contribution in [1.29, 1.82) is 0 Å². The predicted molar refractivity (Wildman–Crippen MR) is 46.7 cm³/mol. The van der Waals surface area contributed by atoms with Crippen LogP contribution < -0.4 is 10.6 Å². The summed E-state index contributed by atoms with van der Waals surface area (Å²) in [5.74, 6) is 1.06. The molecule has 12 heavy (non-hydrogen) atoms. The number of hydrogen-bond donors (Lipinski definition) is 2. The zero-order valence-corrected chi connectivity index (χ0v) is 7.47. The molecule has 1 aliphatic heterocycles. The highest BCUT2D eigenvalue weighted by Crippen LogP contribution is 2.28. The molecule has 0 aromatic rings. The molecule has 1 amide bonds. The van der Waals surface area contributed by atoms with Gasteiger partial charge in [0.2, 0.25) is 5.91 Å². The van der Waals surface area contributed by atoms with Crippen molar-refractivity contribution in [1.82, 2.24) is 10.6 Å². The van der Waals surface area contributed by atoms with Crippen LogP contribution in [0.4, 0.5) is 0 Å². The highest BCUT2D eigenvalue weighted by molar-refractivity contribution is 5.78. The topological polar surface area (TPSA) is 41.1 Å². The molecule has 1 heterocycles. The van der Waals surface area contributed by atoms with Crippen molar-refractivity contribution in [2.75, 3.05) is 6.54 Å². The SMILES string of the molecule is CC1CC1NCC1CCC(=O)N1. The largest absolute Gasteiger partial charge is 0.352 e. The summed E-state index contributed by atoms with van der Waals surface area (Å²) in [6.45, 7) is 3.21. The molecule has 0 aromatic carbocycles. The van der Waals surface area contributed by atoms with Crippen molar-refractivity contribution < 1.29 is 4.79 Å². The van der Waals surface area contributed by atoms with Crippen molar-refractivity contribution in [2.45, 2.75) is 38.3 Å². The maximum Gasteiger partial charge on any atom is 0.220 e. The van der Waals surface area contributed by atoms with Crippen molar-refractivity contribution in [2.24, 2.45) is 5.92 Å². The van der Waals surface area contributed by atoms with Crippen LogP contribution in [0.2, 0.25) is 0 Å². The Bertz CT molecular complexity index is 193. The average Bonchev–Trinajstić information content (AvgIpc) is 2.56. The van der Waals surface area contributed by atoms with Crippen LogP contribution in [0.3, 0.4) is 0 Å². The average molecular weight is 168 g/mol. The lowest BCUT2D eigenvalue weighted by atomic mass is 10.2. The van der Waals surface area contributed by atoms with Gasteiger partial charge in [-0.15, -0.1) is 0 Å². The fraction of sp³-hybridized carbons (Fsp3) is 0.889. The van der Waals surface area contributed by atoms with Gasteiger partial charge in [0, 0.05) is 25.0 Å². The molecular formula is C9H16N2O. The molecule has 1 saturated heterocycles. The first kappa shape index (κ1) is 8.05. The minimum Gasteiger partial charge on any atom is -0.352 e. The van der Waals surface area contributed by atoms with Gasteiger partial charge in [0.1, 0.15) is 0 Å². The lowest BCUT2D eigenvalue weighted by Crippen LogP contribution is -2.36. The second-order valence-corrected chi connectivity index (χ2v) is 4.03. The zero-order valence-electron chi connectivity index (χ0n) is 7.47. The summed E-state index contributed by atoms with van der Waals surface area (Å²) in [5.41, 5.74) is 0. The lowest BCUT2D eigenvalue weighted by molar-refractivity contribution is -0.119. The molecule has 3 unspecified atom stereocenters. The summed E-state index contributed by atoms with van der Waals surface area (Å²) in [6.07, 6.45) is 3.03. The Kier molecular flexibility index (Phi) is 2.05. The van der Waals surface area contributed by atoms with Crippen molar-refractivity contribution in [3.63, 3.8) is 0 Å². The molecule has 2 fully saturated rings. The van der Waals surface area contributed by atoms with E-state index < -0.39 is 0 Å². The molecule has 2 rings (SSSR count). The van der Waals surface area contributed by atoms with Crippen molar-refractivity contribution in [3.05, 3.63) is 0 Å². The second kappa shape index (κ2) is 3.05. The first-order valence-corrected chi connectivity index (χ1v) is 4.78. The van der Waals surface area contributed by atoms with E-state index in [1.807, 2.05) is 0 Å². The Hall–Kier alpha value is -0.570. The minimum atomic E-state index is 0.214. The summed E-state index contributed by atoms with van der Waals surface area (Å²) in [7, 11) is 0. The fourth-order valence-corrected chi connectivity index (χ4v) is 1.73. The summed E-state index contributed by atoms with van der Waals surface area (Å²) in [4.78, 5) is 10.8. The predicted octanol–water partition coefficient (Wildman–Crippen LogP) is 0.263. The Labute approximate surface area is 72.9 Å². The van der Waals surface area contributed by atoms with Crippen LogP contribution in [-0.2, 0) is 4.79 Å². The maximum absolute atomic E-state index is 10.8. The number of carbonyl (C=O) groups excluding carboxylic acids is 1. The third kappa shape index (κ3) is 1.78. The first-order valence-electron chi connectivity index (χ1n) is 4.78. The van der Waals surface area contributed by atoms with E-state index in [9.17, 15) is 4.79 Å². The molecular weight excluding hydrogens is 152 g/mol. The van der Waals surface area contributed by atoms with E-state index in [4.69, 9.17) is 0 Å². The van der Waals surface area contributed by atoms with Gasteiger partial charge in [-0.25, -0.2) is 0 Å². The molecule has 2 N–H and O–H groups in total. The molecule has 68 valence electrons. The molecule has 1 aliphatic carbocycles. The van der Waals surface area contributed by atoms with Gasteiger partial charge in [0.15, 0.2) is 0 Å². The van der Waals surface area contributed by atoms with Gasteiger partial charge in [-0.1, -0.05) is 6.92 Å². The van der Waals surface area contributed by atoms with E-state index >= 15 is 0 Å². The Morgan fingerprint density at radius 3 is 2.92 bits per heavy atom. The van der Waals surface area contributed by atoms with Crippen LogP contribution in [0, 0.1) is 5.92 Å². The van der Waals surface area contributed by atoms with Crippen LogP contribution in [0.5, 0.6) is 0 Å². The smallest absolute Gasteiger partial charge is 0.220 e. The fourth-order valence-electron chi connectivity index (χ4n) is 1.73. The maximum atomic E-state index is 10.8. The molecule has 1 saturated carbocycles. The molecule has 3 heteroatoms. The highest BCUT2D eigenvalue weighted by atomic mass is 16.1. The number of carbonyl (C=O) groups is 1. The van der Waals surface area contributed by atoms with Gasteiger partial charge in [0.25, 0.3) is 0 Å². The first-order chi connectivity index (χ1) is 5.75. The van der Waals surface area contributed by atoms with E-state index in [0.717, 1.165) is 24.9 Å². The van der Waals surface area contributed by atoms with Crippen LogP contribution in [-0.4, -0.2) is 24.5 Å². The summed E-state index contributed by atoms with van der Waals surface area (Å²) >= 11 is 0. The molecule has 0 aromatic heterocycles. The number of amides is 1. The van der Waals surface area contributed by atoms with Gasteiger partial charge in [-0.2, -0.15) is 0 Å². The third-order valence-electron chi connectivity index (χ3n) is 2.82. The van der Waals surface area contributed by atoms with Gasteiger partial charge in [-0.05, 0) is 18.8 Å². The molecule has 3 atom stereocenters. The number of hydrogen-bond acceptors (Lipinski definition) is 2. The van der Waals surface area contributed by atoms with E-state index in [0.29, 0.717) is 12.5 Å². The number of rotatable bonds is 3. The quantitative estimate of drug-likeness (QED) is 0.635. The monoisotopic (exact) mass is 168 g/mol. The standard InChI is InChI=1S/C9H16N2O/c1-6-4-8(6)10-5-7-2-3-9(12)11-7/h6-8,10H,2-5H2,1H3,(H,11,12). The molecule has 2 aliphatic rings. The van der Waals surface area contributed by atoms with E-state index in [-0.39, 0.29) is 5.91 Å². The van der Waals surface area contributed by atoms with Gasteiger partial charge < -0.3 is 10.6 Å². The van der Waals surface area contributed by atoms with Gasteiger partial charge in [-0.3, -0.25) is 4.79 Å². The van der Waals surface area contributed by atoms with E-state index in [1.165, 1.54) is 6.42 Å². The van der Waals surface area contributed by atoms with Crippen LogP contribution in [0.15, 0.2) is 0 Å². The van der Waals surface area contributed by atoms with E-state index in [2.05, 4.69) is 17.6 Å². The van der Waals surface area contributed by atoms with Crippen molar-refractivity contribution >= 4 is 5.91 Å². The van der Waals surface area contributed by atoms with Crippen LogP contribution >= 0.6 is 0 Å². The summed E-state index contributed by atoms with van der Waals surface area (Å²) in [5, 5.41) is 6.40.